The van der Waals surface area contributed by atoms with Gasteiger partial charge in [0, 0.05) is 38.6 Å². The summed E-state index contributed by atoms with van der Waals surface area (Å²) >= 11 is 1.71. The van der Waals surface area contributed by atoms with Crippen LogP contribution >= 0.6 is 11.3 Å². The van der Waals surface area contributed by atoms with Crippen molar-refractivity contribution >= 4 is 11.3 Å². The molecule has 130 valence electrons. The number of pyridine rings is 2. The van der Waals surface area contributed by atoms with Gasteiger partial charge in [-0.15, -0.1) is 0 Å². The lowest BCUT2D eigenvalue weighted by Crippen LogP contribution is -2.25. The zero-order valence-electron chi connectivity index (χ0n) is 14.8. The van der Waals surface area contributed by atoms with Crippen LogP contribution in [0.4, 0.5) is 0 Å². The first-order chi connectivity index (χ1) is 12.2. The lowest BCUT2D eigenvalue weighted by molar-refractivity contribution is 0.240. The molecule has 0 saturated carbocycles. The molecule has 0 aliphatic rings. The summed E-state index contributed by atoms with van der Waals surface area (Å²) in [5.74, 6) is 0. The summed E-state index contributed by atoms with van der Waals surface area (Å²) in [4.78, 5) is 11.5. The summed E-state index contributed by atoms with van der Waals surface area (Å²) < 4.78 is 0. The summed E-state index contributed by atoms with van der Waals surface area (Å²) in [5, 5.41) is 4.34. The molecule has 5 heteroatoms. The van der Waals surface area contributed by atoms with Crippen molar-refractivity contribution in [2.24, 2.45) is 5.73 Å². The molecule has 3 aromatic rings. The first-order valence-electron chi connectivity index (χ1n) is 8.44. The van der Waals surface area contributed by atoms with Gasteiger partial charge in [-0.05, 0) is 59.0 Å². The number of aromatic nitrogens is 2. The first kappa shape index (κ1) is 17.7. The molecule has 0 radical (unpaired) electrons. The van der Waals surface area contributed by atoms with Gasteiger partial charge in [0.2, 0.25) is 0 Å². The third kappa shape index (κ3) is 4.51. The number of hydrogen-bond donors (Lipinski definition) is 1. The highest BCUT2D eigenvalue weighted by Crippen LogP contribution is 2.20. The van der Waals surface area contributed by atoms with E-state index in [0.29, 0.717) is 6.54 Å². The largest absolute Gasteiger partial charge is 0.326 e. The molecule has 3 aromatic heterocycles. The Morgan fingerprint density at radius 2 is 1.44 bits per heavy atom. The van der Waals surface area contributed by atoms with E-state index in [4.69, 9.17) is 5.73 Å². The molecule has 0 atom stereocenters. The van der Waals surface area contributed by atoms with Crippen molar-refractivity contribution in [1.82, 2.24) is 14.9 Å². The van der Waals surface area contributed by atoms with Gasteiger partial charge in [0.05, 0.1) is 11.4 Å². The molecule has 0 bridgehead atoms. The van der Waals surface area contributed by atoms with Crippen LogP contribution in [0, 0.1) is 13.8 Å². The number of aryl methyl sites for hydroxylation is 2. The van der Waals surface area contributed by atoms with E-state index in [0.717, 1.165) is 31.0 Å². The second-order valence-electron chi connectivity index (χ2n) is 6.31. The van der Waals surface area contributed by atoms with Gasteiger partial charge in [-0.25, -0.2) is 0 Å². The molecule has 3 heterocycles. The fourth-order valence-corrected chi connectivity index (χ4v) is 3.74. The average Bonchev–Trinajstić information content (AvgIpc) is 3.06. The van der Waals surface area contributed by atoms with E-state index in [2.05, 4.69) is 51.6 Å². The summed E-state index contributed by atoms with van der Waals surface area (Å²) in [5.41, 5.74) is 13.1. The van der Waals surface area contributed by atoms with E-state index in [9.17, 15) is 0 Å². The Morgan fingerprint density at radius 1 is 0.880 bits per heavy atom. The summed E-state index contributed by atoms with van der Waals surface area (Å²) in [7, 11) is 0. The second-order valence-corrected chi connectivity index (χ2v) is 7.05. The van der Waals surface area contributed by atoms with E-state index in [1.807, 2.05) is 24.5 Å². The van der Waals surface area contributed by atoms with Crippen molar-refractivity contribution in [1.29, 1.82) is 0 Å². The van der Waals surface area contributed by atoms with Crippen LogP contribution in [0.3, 0.4) is 0 Å². The molecular formula is C20H24N4S. The predicted octanol–water partition coefficient (Wildman–Crippen LogP) is 3.82. The summed E-state index contributed by atoms with van der Waals surface area (Å²) in [6.45, 7) is 7.25. The van der Waals surface area contributed by atoms with Crippen molar-refractivity contribution < 1.29 is 0 Å². The molecule has 0 saturated heterocycles. The highest BCUT2D eigenvalue weighted by molar-refractivity contribution is 7.08. The van der Waals surface area contributed by atoms with Crippen molar-refractivity contribution in [2.75, 3.05) is 0 Å². The van der Waals surface area contributed by atoms with Crippen LogP contribution in [0.15, 0.2) is 47.4 Å². The number of nitrogens with two attached hydrogens (primary N) is 1. The molecule has 25 heavy (non-hydrogen) atoms. The third-order valence-corrected chi connectivity index (χ3v) is 5.27. The maximum absolute atomic E-state index is 5.89. The van der Waals surface area contributed by atoms with Crippen LogP contribution in [-0.4, -0.2) is 14.9 Å². The van der Waals surface area contributed by atoms with Crippen LogP contribution < -0.4 is 5.73 Å². The smallest absolute Gasteiger partial charge is 0.0573 e. The van der Waals surface area contributed by atoms with Crippen LogP contribution in [0.25, 0.3) is 0 Å². The molecule has 3 rings (SSSR count). The Kier molecular flexibility index (Phi) is 5.91. The molecule has 0 aromatic carbocycles. The molecule has 2 N–H and O–H groups in total. The molecule has 0 aliphatic carbocycles. The second kappa shape index (κ2) is 8.34. The molecule has 0 fully saturated rings. The Morgan fingerprint density at radius 3 is 1.96 bits per heavy atom. The number of thiophene rings is 1. The SMILES string of the molecule is Cc1cccnc1CN(Cc1cscc1CN)Cc1ncccc1C. The molecule has 0 aliphatic heterocycles. The molecule has 4 nitrogen and oxygen atoms in total. The Balaban J connectivity index is 1.85. The Bertz CT molecular complexity index is 780. The van der Waals surface area contributed by atoms with Crippen molar-refractivity contribution in [3.63, 3.8) is 0 Å². The third-order valence-electron chi connectivity index (χ3n) is 4.43. The van der Waals surface area contributed by atoms with Crippen molar-refractivity contribution in [2.45, 2.75) is 40.0 Å². The van der Waals surface area contributed by atoms with E-state index in [1.54, 1.807) is 11.3 Å². The van der Waals surface area contributed by atoms with Gasteiger partial charge in [0.25, 0.3) is 0 Å². The topological polar surface area (TPSA) is 55.0 Å². The van der Waals surface area contributed by atoms with Crippen LogP contribution in [0.1, 0.15) is 33.6 Å². The van der Waals surface area contributed by atoms with Gasteiger partial charge in [-0.1, -0.05) is 12.1 Å². The van der Waals surface area contributed by atoms with E-state index < -0.39 is 0 Å². The quantitative estimate of drug-likeness (QED) is 0.702. The molecular weight excluding hydrogens is 328 g/mol. The van der Waals surface area contributed by atoms with E-state index >= 15 is 0 Å². The molecule has 0 unspecified atom stereocenters. The minimum absolute atomic E-state index is 0.581. The average molecular weight is 353 g/mol. The van der Waals surface area contributed by atoms with Gasteiger partial charge in [-0.3, -0.25) is 14.9 Å². The zero-order valence-corrected chi connectivity index (χ0v) is 15.6. The maximum atomic E-state index is 5.89. The number of rotatable bonds is 7. The lowest BCUT2D eigenvalue weighted by atomic mass is 10.1. The molecule has 0 amide bonds. The van der Waals surface area contributed by atoms with Gasteiger partial charge >= 0.3 is 0 Å². The van der Waals surface area contributed by atoms with Crippen LogP contribution in [0.2, 0.25) is 0 Å². The fourth-order valence-electron chi connectivity index (χ4n) is 2.87. The number of nitrogens with zero attached hydrogens (tertiary/aromatic N) is 3. The van der Waals surface area contributed by atoms with Gasteiger partial charge in [0.1, 0.15) is 0 Å². The predicted molar refractivity (Wildman–Crippen MR) is 103 cm³/mol. The molecule has 0 spiro atoms. The van der Waals surface area contributed by atoms with Gasteiger partial charge in [-0.2, -0.15) is 11.3 Å². The monoisotopic (exact) mass is 352 g/mol. The minimum Gasteiger partial charge on any atom is -0.326 e. The Labute approximate surface area is 153 Å². The summed E-state index contributed by atoms with van der Waals surface area (Å²) in [6, 6.07) is 8.19. The van der Waals surface area contributed by atoms with Crippen molar-refractivity contribution in [3.05, 3.63) is 81.1 Å². The van der Waals surface area contributed by atoms with E-state index in [1.165, 1.54) is 22.3 Å². The van der Waals surface area contributed by atoms with Gasteiger partial charge < -0.3 is 5.73 Å². The zero-order chi connectivity index (χ0) is 17.6. The number of hydrogen-bond acceptors (Lipinski definition) is 5. The maximum Gasteiger partial charge on any atom is 0.0573 e. The highest BCUT2D eigenvalue weighted by Gasteiger charge is 2.14. The normalized spacial score (nSPS) is 11.2. The van der Waals surface area contributed by atoms with Gasteiger partial charge in [0.15, 0.2) is 0 Å². The minimum atomic E-state index is 0.581. The fraction of sp³-hybridized carbons (Fsp3) is 0.300. The lowest BCUT2D eigenvalue weighted by Gasteiger charge is -2.23. The standard InChI is InChI=1S/C20H24N4S/c1-15-5-3-7-22-19(15)11-24(10-18-14-25-13-17(18)9-21)12-20-16(2)6-4-8-23-20/h3-8,13-14H,9-12,21H2,1-2H3. The first-order valence-corrected chi connectivity index (χ1v) is 9.39. The highest BCUT2D eigenvalue weighted by atomic mass is 32.1. The van der Waals surface area contributed by atoms with Crippen molar-refractivity contribution in [3.8, 4) is 0 Å². The van der Waals surface area contributed by atoms with E-state index in [-0.39, 0.29) is 0 Å². The van der Waals surface area contributed by atoms with Crippen LogP contribution in [-0.2, 0) is 26.2 Å². The Hall–Kier alpha value is -2.08. The summed E-state index contributed by atoms with van der Waals surface area (Å²) in [6.07, 6.45) is 3.73. The van der Waals surface area contributed by atoms with Crippen LogP contribution in [0.5, 0.6) is 0 Å².